The minimum absolute atomic E-state index is 0.0242. The molecule has 0 bridgehead atoms. The first-order valence-electron chi connectivity index (χ1n) is 8.13. The molecule has 0 amide bonds. The van der Waals surface area contributed by atoms with Gasteiger partial charge in [0.15, 0.2) is 0 Å². The number of likely N-dealkylation sites (tertiary alicyclic amines) is 1. The Bertz CT molecular complexity index is 760. The molecule has 3 rings (SSSR count). The highest BCUT2D eigenvalue weighted by Gasteiger charge is 2.32. The van der Waals surface area contributed by atoms with Crippen LogP contribution in [0.2, 0.25) is 5.02 Å². The number of aromatic nitrogens is 2. The van der Waals surface area contributed by atoms with Crippen molar-refractivity contribution in [1.82, 2.24) is 15.1 Å². The van der Waals surface area contributed by atoms with Crippen molar-refractivity contribution < 1.29 is 18.3 Å². The van der Waals surface area contributed by atoms with Crippen molar-refractivity contribution >= 4 is 17.4 Å². The van der Waals surface area contributed by atoms with Crippen LogP contribution in [0.25, 0.3) is 11.3 Å². The van der Waals surface area contributed by atoms with E-state index in [1.807, 2.05) is 0 Å². The van der Waals surface area contributed by atoms with Gasteiger partial charge < -0.3 is 15.3 Å². The van der Waals surface area contributed by atoms with Gasteiger partial charge in [0.25, 0.3) is 0 Å². The van der Waals surface area contributed by atoms with Gasteiger partial charge in [-0.3, -0.25) is 0 Å². The maximum atomic E-state index is 12.8. The summed E-state index contributed by atoms with van der Waals surface area (Å²) in [5.74, 6) is -0.0229. The Labute approximate surface area is 153 Å². The van der Waals surface area contributed by atoms with Crippen molar-refractivity contribution in [2.45, 2.75) is 25.1 Å². The van der Waals surface area contributed by atoms with Crippen LogP contribution in [0, 0.1) is 0 Å². The molecule has 1 saturated heterocycles. The van der Waals surface area contributed by atoms with E-state index in [-0.39, 0.29) is 22.3 Å². The molecule has 5 nitrogen and oxygen atoms in total. The molecular weight excluding hydrogens is 369 g/mol. The molecule has 1 atom stereocenters. The molecule has 1 aromatic heterocycles. The number of rotatable bonds is 3. The number of halogens is 4. The van der Waals surface area contributed by atoms with E-state index in [1.165, 1.54) is 0 Å². The van der Waals surface area contributed by atoms with E-state index in [2.05, 4.69) is 27.5 Å². The molecule has 0 spiro atoms. The zero-order valence-corrected chi connectivity index (χ0v) is 14.8. The number of aromatic hydroxyl groups is 1. The smallest absolute Gasteiger partial charge is 0.416 e. The number of benzene rings is 1. The summed E-state index contributed by atoms with van der Waals surface area (Å²) in [4.78, 5) is 2.23. The van der Waals surface area contributed by atoms with Crippen LogP contribution in [0.4, 0.5) is 19.0 Å². The van der Waals surface area contributed by atoms with E-state index in [0.717, 1.165) is 32.0 Å². The summed E-state index contributed by atoms with van der Waals surface area (Å²) in [7, 11) is 2.05. The Morgan fingerprint density at radius 3 is 2.62 bits per heavy atom. The van der Waals surface area contributed by atoms with Crippen LogP contribution in [0.5, 0.6) is 5.75 Å². The van der Waals surface area contributed by atoms with Crippen LogP contribution in [0.15, 0.2) is 24.3 Å². The number of nitrogens with one attached hydrogen (secondary N) is 1. The van der Waals surface area contributed by atoms with Gasteiger partial charge in [-0.15, -0.1) is 10.2 Å². The average molecular weight is 387 g/mol. The van der Waals surface area contributed by atoms with Crippen LogP contribution in [0.3, 0.4) is 0 Å². The lowest BCUT2D eigenvalue weighted by molar-refractivity contribution is -0.137. The second-order valence-corrected chi connectivity index (χ2v) is 6.81. The SMILES string of the molecule is CN1CCCC(Nc2ccc(-c3c(O)cc(C(F)(F)F)cc3Cl)nn2)C1. The predicted octanol–water partition coefficient (Wildman–Crippen LogP) is 4.03. The van der Waals surface area contributed by atoms with Gasteiger partial charge >= 0.3 is 6.18 Å². The number of hydrogen-bond acceptors (Lipinski definition) is 5. The number of phenolic OH excluding ortho intramolecular Hbond substituents is 1. The van der Waals surface area contributed by atoms with Gasteiger partial charge in [-0.05, 0) is 50.7 Å². The van der Waals surface area contributed by atoms with Crippen molar-refractivity contribution in [3.63, 3.8) is 0 Å². The zero-order chi connectivity index (χ0) is 18.9. The summed E-state index contributed by atoms with van der Waals surface area (Å²) in [6, 6.07) is 4.90. The van der Waals surface area contributed by atoms with Crippen LogP contribution in [-0.2, 0) is 6.18 Å². The fourth-order valence-electron chi connectivity index (χ4n) is 3.05. The van der Waals surface area contributed by atoms with Crippen molar-refractivity contribution in [3.8, 4) is 17.0 Å². The standard InChI is InChI=1S/C17H18ClF3N4O/c1-25-6-2-3-11(9-25)22-15-5-4-13(23-24-15)16-12(18)7-10(8-14(16)26)17(19,20)21/h4-5,7-8,11,26H,2-3,6,9H2,1H3,(H,22,24). The number of likely N-dealkylation sites (N-methyl/N-ethyl adjacent to an activating group) is 1. The first kappa shape index (κ1) is 18.7. The van der Waals surface area contributed by atoms with Crippen molar-refractivity contribution in [1.29, 1.82) is 0 Å². The molecule has 1 unspecified atom stereocenters. The first-order valence-corrected chi connectivity index (χ1v) is 8.50. The van der Waals surface area contributed by atoms with Gasteiger partial charge in [0.05, 0.1) is 21.8 Å². The number of alkyl halides is 3. The van der Waals surface area contributed by atoms with Gasteiger partial charge in [-0.2, -0.15) is 13.2 Å². The molecule has 1 aromatic carbocycles. The van der Waals surface area contributed by atoms with Gasteiger partial charge in [0.2, 0.25) is 0 Å². The normalized spacial score (nSPS) is 18.7. The van der Waals surface area contributed by atoms with Crippen LogP contribution in [-0.4, -0.2) is 46.4 Å². The van der Waals surface area contributed by atoms with E-state index >= 15 is 0 Å². The van der Waals surface area contributed by atoms with Crippen LogP contribution in [0.1, 0.15) is 18.4 Å². The fraction of sp³-hybridized carbons (Fsp3) is 0.412. The zero-order valence-electron chi connectivity index (χ0n) is 14.0. The van der Waals surface area contributed by atoms with Crippen molar-refractivity contribution in [2.75, 3.05) is 25.5 Å². The molecule has 1 fully saturated rings. The van der Waals surface area contributed by atoms with E-state index in [9.17, 15) is 18.3 Å². The Morgan fingerprint density at radius 1 is 1.27 bits per heavy atom. The maximum absolute atomic E-state index is 12.8. The first-order chi connectivity index (χ1) is 12.2. The highest BCUT2D eigenvalue weighted by atomic mass is 35.5. The number of phenols is 1. The molecule has 0 radical (unpaired) electrons. The fourth-order valence-corrected chi connectivity index (χ4v) is 3.36. The van der Waals surface area contributed by atoms with E-state index in [1.54, 1.807) is 12.1 Å². The summed E-state index contributed by atoms with van der Waals surface area (Å²) in [6.07, 6.45) is -2.47. The lowest BCUT2D eigenvalue weighted by atomic mass is 10.1. The molecule has 2 heterocycles. The number of piperidine rings is 1. The Hall–Kier alpha value is -2.06. The molecule has 0 saturated carbocycles. The van der Waals surface area contributed by atoms with Crippen LogP contribution < -0.4 is 5.32 Å². The maximum Gasteiger partial charge on any atom is 0.416 e. The summed E-state index contributed by atoms with van der Waals surface area (Å²) < 4.78 is 38.3. The summed E-state index contributed by atoms with van der Waals surface area (Å²) in [5, 5.41) is 21.1. The van der Waals surface area contributed by atoms with Crippen molar-refractivity contribution in [3.05, 3.63) is 34.9 Å². The highest BCUT2D eigenvalue weighted by molar-refractivity contribution is 6.33. The van der Waals surface area contributed by atoms with Gasteiger partial charge in [0, 0.05) is 12.6 Å². The molecule has 1 aliphatic heterocycles. The van der Waals surface area contributed by atoms with E-state index in [4.69, 9.17) is 11.6 Å². The third-order valence-corrected chi connectivity index (χ3v) is 4.59. The minimum atomic E-state index is -4.59. The molecule has 2 N–H and O–H groups in total. The molecular formula is C17H18ClF3N4O. The van der Waals surface area contributed by atoms with Crippen LogP contribution >= 0.6 is 11.6 Å². The van der Waals surface area contributed by atoms with Gasteiger partial charge in [0.1, 0.15) is 11.6 Å². The van der Waals surface area contributed by atoms with E-state index in [0.29, 0.717) is 11.9 Å². The molecule has 2 aromatic rings. The lowest BCUT2D eigenvalue weighted by Gasteiger charge is -2.30. The Morgan fingerprint density at radius 2 is 2.04 bits per heavy atom. The number of anilines is 1. The second-order valence-electron chi connectivity index (χ2n) is 6.40. The summed E-state index contributed by atoms with van der Waals surface area (Å²) >= 11 is 5.94. The Balaban J connectivity index is 1.80. The third kappa shape index (κ3) is 4.19. The molecule has 0 aliphatic carbocycles. The van der Waals surface area contributed by atoms with Crippen molar-refractivity contribution in [2.24, 2.45) is 0 Å². The summed E-state index contributed by atoms with van der Waals surface area (Å²) in [5.41, 5.74) is -0.792. The molecule has 9 heteroatoms. The lowest BCUT2D eigenvalue weighted by Crippen LogP contribution is -2.39. The van der Waals surface area contributed by atoms with Gasteiger partial charge in [-0.25, -0.2) is 0 Å². The Kier molecular flexibility index (Phi) is 5.24. The number of hydrogen-bond donors (Lipinski definition) is 2. The number of nitrogens with zero attached hydrogens (tertiary/aromatic N) is 3. The molecule has 140 valence electrons. The monoisotopic (exact) mass is 386 g/mol. The second kappa shape index (κ2) is 7.28. The largest absolute Gasteiger partial charge is 0.507 e. The van der Waals surface area contributed by atoms with E-state index < -0.39 is 17.5 Å². The molecule has 26 heavy (non-hydrogen) atoms. The highest BCUT2D eigenvalue weighted by Crippen LogP contribution is 2.40. The quantitative estimate of drug-likeness (QED) is 0.834. The molecule has 1 aliphatic rings. The third-order valence-electron chi connectivity index (χ3n) is 4.29. The van der Waals surface area contributed by atoms with Gasteiger partial charge in [-0.1, -0.05) is 11.6 Å². The summed E-state index contributed by atoms with van der Waals surface area (Å²) in [6.45, 7) is 1.96. The topological polar surface area (TPSA) is 61.3 Å². The minimum Gasteiger partial charge on any atom is -0.507 e. The predicted molar refractivity (Wildman–Crippen MR) is 93.3 cm³/mol. The average Bonchev–Trinajstić information content (AvgIpc) is 2.55.